The lowest BCUT2D eigenvalue weighted by Gasteiger charge is -2.30. The van der Waals surface area contributed by atoms with Gasteiger partial charge in [-0.15, -0.1) is 0 Å². The van der Waals surface area contributed by atoms with Crippen LogP contribution >= 0.6 is 0 Å². The van der Waals surface area contributed by atoms with E-state index in [2.05, 4.69) is 55.2 Å². The predicted octanol–water partition coefficient (Wildman–Crippen LogP) is 7.74. The highest BCUT2D eigenvalue weighted by Crippen LogP contribution is 2.48. The van der Waals surface area contributed by atoms with Crippen molar-refractivity contribution in [2.24, 2.45) is 11.8 Å². The average molecular weight is 638 g/mol. The van der Waals surface area contributed by atoms with Crippen molar-refractivity contribution in [1.82, 2.24) is 19.6 Å². The number of fused-ring (bicyclic) bond motifs is 3. The first-order chi connectivity index (χ1) is 20.7. The summed E-state index contributed by atoms with van der Waals surface area (Å²) in [5.74, 6) is 3.05. The molecule has 3 aromatic rings. The molecule has 10 heteroatoms. The Bertz CT molecular complexity index is 1360. The molecule has 0 saturated heterocycles. The molecular formula is C34H55N5O3Si2. The van der Waals surface area contributed by atoms with Gasteiger partial charge < -0.3 is 19.5 Å². The van der Waals surface area contributed by atoms with Gasteiger partial charge in [0.15, 0.2) is 5.65 Å². The lowest BCUT2D eigenvalue weighted by atomic mass is 9.79. The van der Waals surface area contributed by atoms with Crippen LogP contribution in [0, 0.1) is 11.8 Å². The summed E-state index contributed by atoms with van der Waals surface area (Å²) < 4.78 is 14.6. The zero-order chi connectivity index (χ0) is 31.7. The second-order valence-corrected chi connectivity index (χ2v) is 27.5. The Balaban J connectivity index is 1.52. The minimum absolute atomic E-state index is 0.447. The number of hydrogen-bond acceptors (Lipinski definition) is 7. The van der Waals surface area contributed by atoms with Crippen LogP contribution in [-0.4, -0.2) is 67.5 Å². The lowest BCUT2D eigenvalue weighted by molar-refractivity contribution is 0.0739. The number of ether oxygens (including phenoxy) is 2. The Morgan fingerprint density at radius 1 is 0.909 bits per heavy atom. The number of aromatic nitrogens is 4. The topological polar surface area (TPSA) is 85.0 Å². The minimum atomic E-state index is -1.21. The van der Waals surface area contributed by atoms with Crippen molar-refractivity contribution in [2.45, 2.75) is 109 Å². The Hall–Kier alpha value is -2.12. The van der Waals surface area contributed by atoms with Gasteiger partial charge in [-0.1, -0.05) is 58.2 Å². The van der Waals surface area contributed by atoms with Gasteiger partial charge in [-0.25, -0.2) is 4.98 Å². The molecule has 0 spiro atoms. The third-order valence-electron chi connectivity index (χ3n) is 9.29. The zero-order valence-corrected chi connectivity index (χ0v) is 30.4. The van der Waals surface area contributed by atoms with Crippen LogP contribution in [0.1, 0.15) is 63.3 Å². The maximum Gasteiger partial charge on any atom is 0.165 e. The van der Waals surface area contributed by atoms with Gasteiger partial charge in [-0.3, -0.25) is 4.98 Å². The van der Waals surface area contributed by atoms with Crippen molar-refractivity contribution in [2.75, 3.05) is 31.6 Å². The summed E-state index contributed by atoms with van der Waals surface area (Å²) in [6.07, 6.45) is 10.2. The highest BCUT2D eigenvalue weighted by Gasteiger charge is 2.36. The van der Waals surface area contributed by atoms with Crippen LogP contribution in [0.5, 0.6) is 0 Å². The van der Waals surface area contributed by atoms with Gasteiger partial charge in [0.25, 0.3) is 0 Å². The zero-order valence-electron chi connectivity index (χ0n) is 28.4. The van der Waals surface area contributed by atoms with E-state index in [0.29, 0.717) is 25.1 Å². The first-order valence-electron chi connectivity index (χ1n) is 16.6. The third kappa shape index (κ3) is 8.57. The van der Waals surface area contributed by atoms with Crippen LogP contribution in [0.25, 0.3) is 16.8 Å². The Labute approximate surface area is 266 Å². The van der Waals surface area contributed by atoms with Gasteiger partial charge in [-0.2, -0.15) is 9.61 Å². The Morgan fingerprint density at radius 2 is 1.52 bits per heavy atom. The number of anilines is 1. The van der Waals surface area contributed by atoms with E-state index in [-0.39, 0.29) is 0 Å². The van der Waals surface area contributed by atoms with E-state index in [1.54, 1.807) is 13.8 Å². The van der Waals surface area contributed by atoms with Crippen molar-refractivity contribution in [1.29, 1.82) is 0 Å². The van der Waals surface area contributed by atoms with E-state index in [9.17, 15) is 5.11 Å². The van der Waals surface area contributed by atoms with Crippen LogP contribution < -0.4 is 4.90 Å². The molecule has 0 radical (unpaired) electrons. The van der Waals surface area contributed by atoms with Gasteiger partial charge >= 0.3 is 0 Å². The summed E-state index contributed by atoms with van der Waals surface area (Å²) >= 11 is 0. The normalized spacial score (nSPS) is 20.9. The Morgan fingerprint density at radius 3 is 2.05 bits per heavy atom. The van der Waals surface area contributed by atoms with Gasteiger partial charge in [0.2, 0.25) is 0 Å². The van der Waals surface area contributed by atoms with Crippen LogP contribution in [0.3, 0.4) is 0 Å². The molecule has 0 amide bonds. The molecule has 2 bridgehead atoms. The summed E-state index contributed by atoms with van der Waals surface area (Å²) in [6, 6.07) is 8.42. The van der Waals surface area contributed by atoms with E-state index < -0.39 is 21.7 Å². The first-order valence-corrected chi connectivity index (χ1v) is 24.1. The maximum absolute atomic E-state index is 10.5. The predicted molar refractivity (Wildman–Crippen MR) is 185 cm³/mol. The molecule has 5 rings (SSSR count). The number of aliphatic hydroxyl groups is 1. The van der Waals surface area contributed by atoms with E-state index in [0.717, 1.165) is 65.4 Å². The van der Waals surface area contributed by atoms with Crippen molar-refractivity contribution in [3.8, 4) is 11.1 Å². The highest BCUT2D eigenvalue weighted by atomic mass is 28.3. The van der Waals surface area contributed by atoms with Crippen molar-refractivity contribution in [3.05, 3.63) is 42.0 Å². The van der Waals surface area contributed by atoms with Crippen LogP contribution in [0.2, 0.25) is 51.4 Å². The van der Waals surface area contributed by atoms with E-state index in [1.165, 1.54) is 32.1 Å². The van der Waals surface area contributed by atoms with Gasteiger partial charge in [0, 0.05) is 64.4 Å². The fourth-order valence-electron chi connectivity index (χ4n) is 6.54. The van der Waals surface area contributed by atoms with E-state index >= 15 is 0 Å². The average Bonchev–Trinajstić information content (AvgIpc) is 3.52. The summed E-state index contributed by atoms with van der Waals surface area (Å²) in [5.41, 5.74) is 3.52. The van der Waals surface area contributed by atoms with Crippen molar-refractivity contribution in [3.63, 3.8) is 0 Å². The molecule has 0 unspecified atom stereocenters. The van der Waals surface area contributed by atoms with Crippen molar-refractivity contribution < 1.29 is 14.6 Å². The summed E-state index contributed by atoms with van der Waals surface area (Å²) in [4.78, 5) is 12.1. The second-order valence-electron chi connectivity index (χ2n) is 16.3. The molecule has 242 valence electrons. The second kappa shape index (κ2) is 13.3. The number of pyridine rings is 1. The number of nitrogens with zero attached hydrogens (tertiary/aromatic N) is 5. The fourth-order valence-corrected chi connectivity index (χ4v) is 8.06. The maximum atomic E-state index is 10.5. The third-order valence-corrected chi connectivity index (χ3v) is 12.7. The molecular weight excluding hydrogens is 583 g/mol. The van der Waals surface area contributed by atoms with Gasteiger partial charge in [-0.05, 0) is 63.1 Å². The molecule has 2 aliphatic rings. The SMILES string of the molecule is CC(C)(O)c1ccc(-c2cnn3c(N(COCC[Si](C)(C)C)COCC[Si](C)(C)C)cc([C@H]4C[C@@H]5CC[C@@H](C5)C4)nc23)cn1. The molecule has 2 saturated carbocycles. The number of rotatable bonds is 14. The smallest absolute Gasteiger partial charge is 0.165 e. The monoisotopic (exact) mass is 637 g/mol. The van der Waals surface area contributed by atoms with Gasteiger partial charge in [0.05, 0.1) is 11.9 Å². The molecule has 3 aromatic heterocycles. The molecule has 44 heavy (non-hydrogen) atoms. The summed E-state index contributed by atoms with van der Waals surface area (Å²) in [5, 5.41) is 15.3. The van der Waals surface area contributed by atoms with E-state index in [4.69, 9.17) is 19.6 Å². The molecule has 1 N–H and O–H groups in total. The summed E-state index contributed by atoms with van der Waals surface area (Å²) in [6.45, 7) is 20.2. The van der Waals surface area contributed by atoms with Crippen LogP contribution in [-0.2, 0) is 15.1 Å². The first kappa shape index (κ1) is 33.3. The molecule has 8 nitrogen and oxygen atoms in total. The lowest BCUT2D eigenvalue weighted by Crippen LogP contribution is -2.33. The molecule has 3 atom stereocenters. The van der Waals surface area contributed by atoms with Crippen LogP contribution in [0.15, 0.2) is 30.6 Å². The fraction of sp³-hybridized carbons (Fsp3) is 0.676. The minimum Gasteiger partial charge on any atom is -0.384 e. The standard InChI is InChI=1S/C34H55N5O3Si2/c1-34(2,40)31-12-11-27(21-35-31)29-22-36-39-32(20-30(37-33(29)39)28-18-25-9-10-26(17-25)19-28)38(23-41-13-15-43(3,4)5)24-42-14-16-44(6,7)8/h11-12,20-22,25-26,28,40H,9-10,13-19,23-24H2,1-8H3/t25-,26+,28+. The van der Waals surface area contributed by atoms with Gasteiger partial charge in [0.1, 0.15) is 24.9 Å². The molecule has 2 aliphatic carbocycles. The molecule has 0 aliphatic heterocycles. The highest BCUT2D eigenvalue weighted by molar-refractivity contribution is 6.76. The Kier molecular flexibility index (Phi) is 10.1. The number of hydrogen-bond donors (Lipinski definition) is 1. The molecule has 2 fully saturated rings. The van der Waals surface area contributed by atoms with Crippen LogP contribution in [0.4, 0.5) is 5.82 Å². The molecule has 3 heterocycles. The molecule has 0 aromatic carbocycles. The van der Waals surface area contributed by atoms with E-state index in [1.807, 2.05) is 29.0 Å². The largest absolute Gasteiger partial charge is 0.384 e. The summed E-state index contributed by atoms with van der Waals surface area (Å²) in [7, 11) is -2.43. The quantitative estimate of drug-likeness (QED) is 0.110. The van der Waals surface area contributed by atoms with Crippen molar-refractivity contribution >= 4 is 27.6 Å².